The fourth-order valence-corrected chi connectivity index (χ4v) is 5.21. The van der Waals surface area contributed by atoms with Crippen molar-refractivity contribution in [1.82, 2.24) is 5.32 Å². The monoisotopic (exact) mass is 275 g/mol. The van der Waals surface area contributed by atoms with Crippen LogP contribution in [0.15, 0.2) is 24.3 Å². The average Bonchev–Trinajstić information content (AvgIpc) is 2.58. The lowest BCUT2D eigenvalue weighted by molar-refractivity contribution is -0.126. The summed E-state index contributed by atoms with van der Waals surface area (Å²) >= 11 is 1.98. The van der Waals surface area contributed by atoms with Crippen LogP contribution in [0, 0.1) is 11.8 Å². The molecule has 1 fully saturated rings. The Hall–Kier alpha value is -0.800. The van der Waals surface area contributed by atoms with E-state index in [1.807, 2.05) is 18.8 Å². The molecule has 0 amide bonds. The highest BCUT2D eigenvalue weighted by atomic mass is 32.2. The Kier molecular flexibility index (Phi) is 3.68. The van der Waals surface area contributed by atoms with Gasteiger partial charge in [-0.1, -0.05) is 31.2 Å². The van der Waals surface area contributed by atoms with Gasteiger partial charge in [0.05, 0.1) is 6.04 Å². The maximum atomic E-state index is 12.8. The van der Waals surface area contributed by atoms with Crippen LogP contribution in [0.4, 0.5) is 0 Å². The number of carbonyl (C=O) groups excluding carboxylic acids is 1. The molecule has 2 aliphatic rings. The van der Waals surface area contributed by atoms with Crippen LogP contribution < -0.4 is 5.32 Å². The molecular weight excluding hydrogens is 254 g/mol. The zero-order valence-corrected chi connectivity index (χ0v) is 12.4. The molecule has 1 aromatic rings. The highest BCUT2D eigenvalue weighted by Crippen LogP contribution is 2.48. The molecule has 3 heteroatoms. The Morgan fingerprint density at radius 2 is 2.11 bits per heavy atom. The fourth-order valence-electron chi connectivity index (χ4n) is 3.56. The van der Waals surface area contributed by atoms with E-state index in [9.17, 15) is 4.79 Å². The first-order valence-electron chi connectivity index (χ1n) is 7.12. The van der Waals surface area contributed by atoms with E-state index < -0.39 is 0 Å². The van der Waals surface area contributed by atoms with Crippen molar-refractivity contribution < 1.29 is 4.79 Å². The summed E-state index contributed by atoms with van der Waals surface area (Å²) in [6.07, 6.45) is 2.00. The summed E-state index contributed by atoms with van der Waals surface area (Å²) in [4.78, 5) is 12.8. The van der Waals surface area contributed by atoms with Gasteiger partial charge in [-0.05, 0) is 42.7 Å². The van der Waals surface area contributed by atoms with E-state index in [1.54, 1.807) is 0 Å². The summed E-state index contributed by atoms with van der Waals surface area (Å²) in [5.74, 6) is 2.13. The van der Waals surface area contributed by atoms with Crippen molar-refractivity contribution in [3.05, 3.63) is 35.4 Å². The molecule has 2 nitrogen and oxygen atoms in total. The highest BCUT2D eigenvalue weighted by Gasteiger charge is 2.42. The van der Waals surface area contributed by atoms with Crippen LogP contribution in [0.3, 0.4) is 0 Å². The van der Waals surface area contributed by atoms with Crippen LogP contribution in [0.25, 0.3) is 0 Å². The summed E-state index contributed by atoms with van der Waals surface area (Å²) in [5.41, 5.74) is 2.85. The molecule has 0 radical (unpaired) electrons. The minimum atomic E-state index is 0.0511. The minimum absolute atomic E-state index is 0.0511. The number of thioether (sulfide) groups is 1. The van der Waals surface area contributed by atoms with Gasteiger partial charge < -0.3 is 5.32 Å². The van der Waals surface area contributed by atoms with Gasteiger partial charge in [0.1, 0.15) is 0 Å². The smallest absolute Gasteiger partial charge is 0.154 e. The van der Waals surface area contributed by atoms with Crippen LogP contribution in [0.5, 0.6) is 0 Å². The number of Topliss-reactive ketones (excluding diaryl/α,β-unsaturated/α-hetero) is 1. The van der Waals surface area contributed by atoms with Crippen molar-refractivity contribution in [2.75, 3.05) is 12.8 Å². The zero-order chi connectivity index (χ0) is 13.4. The molecule has 3 rings (SSSR count). The molecule has 1 aromatic carbocycles. The molecule has 1 saturated heterocycles. The first kappa shape index (κ1) is 13.2. The Balaban J connectivity index is 2.01. The topological polar surface area (TPSA) is 29.1 Å². The van der Waals surface area contributed by atoms with E-state index >= 15 is 0 Å². The lowest BCUT2D eigenvalue weighted by Crippen LogP contribution is -2.42. The Morgan fingerprint density at radius 3 is 2.89 bits per heavy atom. The van der Waals surface area contributed by atoms with E-state index in [1.165, 1.54) is 11.1 Å². The van der Waals surface area contributed by atoms with E-state index in [-0.39, 0.29) is 12.0 Å². The number of hydrogen-bond acceptors (Lipinski definition) is 3. The number of ketones is 1. The first-order chi connectivity index (χ1) is 9.22. The molecule has 1 aliphatic carbocycles. The first-order valence-corrected chi connectivity index (χ1v) is 8.17. The third kappa shape index (κ3) is 2.23. The fraction of sp³-hybridized carbons (Fsp3) is 0.562. The molecule has 0 aromatic heterocycles. The van der Waals surface area contributed by atoms with Gasteiger partial charge in [0.2, 0.25) is 0 Å². The van der Waals surface area contributed by atoms with Gasteiger partial charge in [0.25, 0.3) is 0 Å². The van der Waals surface area contributed by atoms with E-state index in [4.69, 9.17) is 0 Å². The lowest BCUT2D eigenvalue weighted by atomic mass is 9.73. The van der Waals surface area contributed by atoms with Crippen molar-refractivity contribution in [2.24, 2.45) is 11.8 Å². The average molecular weight is 275 g/mol. The van der Waals surface area contributed by atoms with Crippen LogP contribution >= 0.6 is 11.8 Å². The van der Waals surface area contributed by atoms with Crippen molar-refractivity contribution >= 4 is 17.5 Å². The van der Waals surface area contributed by atoms with Gasteiger partial charge >= 0.3 is 0 Å². The predicted octanol–water partition coefficient (Wildman–Crippen LogP) is 2.83. The van der Waals surface area contributed by atoms with E-state index in [0.717, 1.165) is 18.6 Å². The van der Waals surface area contributed by atoms with Crippen LogP contribution in [0.1, 0.15) is 29.7 Å². The summed E-state index contributed by atoms with van der Waals surface area (Å²) in [5, 5.41) is 3.57. The number of nitrogens with one attached hydrogen (secondary N) is 1. The summed E-state index contributed by atoms with van der Waals surface area (Å²) in [6, 6.07) is 8.73. The third-order valence-corrected chi connectivity index (χ3v) is 5.94. The Bertz CT molecular complexity index is 487. The molecule has 4 atom stereocenters. The molecule has 1 N–H and O–H groups in total. The molecule has 1 aliphatic heterocycles. The second-order valence-corrected chi connectivity index (χ2v) is 6.98. The van der Waals surface area contributed by atoms with Gasteiger partial charge in [0.15, 0.2) is 5.78 Å². The van der Waals surface area contributed by atoms with Crippen LogP contribution in [0.2, 0.25) is 0 Å². The van der Waals surface area contributed by atoms with E-state index in [0.29, 0.717) is 17.0 Å². The number of fused-ring (bicyclic) bond motifs is 3. The maximum Gasteiger partial charge on any atom is 0.154 e. The summed E-state index contributed by atoms with van der Waals surface area (Å²) < 4.78 is 0. The molecule has 0 bridgehead atoms. The van der Waals surface area contributed by atoms with E-state index in [2.05, 4.69) is 36.5 Å². The SMILES string of the molecule is CN[C@H]1CCSC2c3ccccc3CC(C)C2C1=O. The molecule has 19 heavy (non-hydrogen) atoms. The van der Waals surface area contributed by atoms with Crippen LogP contribution in [-0.2, 0) is 11.2 Å². The molecule has 0 saturated carbocycles. The molecule has 102 valence electrons. The van der Waals surface area contributed by atoms with Gasteiger partial charge in [-0.3, -0.25) is 4.79 Å². The third-order valence-electron chi connectivity index (χ3n) is 4.57. The standard InChI is InChI=1S/C16H21NOS/c1-10-9-11-5-3-4-6-12(11)16-14(10)15(18)13(17-2)7-8-19-16/h3-6,10,13-14,16-17H,7-9H2,1-2H3/t10?,13-,14?,16?/m0/s1. The Labute approximate surface area is 119 Å². The Morgan fingerprint density at radius 1 is 1.32 bits per heavy atom. The van der Waals surface area contributed by atoms with Gasteiger partial charge in [0, 0.05) is 11.2 Å². The maximum absolute atomic E-state index is 12.8. The summed E-state index contributed by atoms with van der Waals surface area (Å²) in [7, 11) is 1.91. The number of likely N-dealkylation sites (N-methyl/N-ethyl adjacent to an activating group) is 1. The van der Waals surface area contributed by atoms with Gasteiger partial charge in [-0.15, -0.1) is 0 Å². The largest absolute Gasteiger partial charge is 0.311 e. The molecule has 1 heterocycles. The number of benzene rings is 1. The lowest BCUT2D eigenvalue weighted by Gasteiger charge is -2.36. The quantitative estimate of drug-likeness (QED) is 0.854. The molecule has 3 unspecified atom stereocenters. The van der Waals surface area contributed by atoms with Crippen LogP contribution in [-0.4, -0.2) is 24.6 Å². The van der Waals surface area contributed by atoms with Crippen molar-refractivity contribution in [3.8, 4) is 0 Å². The van der Waals surface area contributed by atoms with Crippen molar-refractivity contribution in [3.63, 3.8) is 0 Å². The number of rotatable bonds is 1. The van der Waals surface area contributed by atoms with Crippen molar-refractivity contribution in [2.45, 2.75) is 31.1 Å². The van der Waals surface area contributed by atoms with Crippen molar-refractivity contribution in [1.29, 1.82) is 0 Å². The molecular formula is C16H21NOS. The highest BCUT2D eigenvalue weighted by molar-refractivity contribution is 7.99. The van der Waals surface area contributed by atoms with Gasteiger partial charge in [-0.2, -0.15) is 11.8 Å². The number of carbonyl (C=O) groups is 1. The zero-order valence-electron chi connectivity index (χ0n) is 11.6. The molecule has 0 spiro atoms. The second kappa shape index (κ2) is 5.29. The second-order valence-electron chi connectivity index (χ2n) is 5.73. The normalized spacial score (nSPS) is 34.3. The summed E-state index contributed by atoms with van der Waals surface area (Å²) in [6.45, 7) is 2.24. The van der Waals surface area contributed by atoms with Gasteiger partial charge in [-0.25, -0.2) is 0 Å². The number of hydrogen-bond donors (Lipinski definition) is 1. The predicted molar refractivity (Wildman–Crippen MR) is 80.5 cm³/mol. The minimum Gasteiger partial charge on any atom is -0.311 e.